The van der Waals surface area contributed by atoms with Crippen molar-refractivity contribution < 1.29 is 14.3 Å². The van der Waals surface area contributed by atoms with Crippen molar-refractivity contribution in [3.63, 3.8) is 0 Å². The van der Waals surface area contributed by atoms with Crippen molar-refractivity contribution >= 4 is 34.5 Å². The fraction of sp³-hybridized carbons (Fsp3) is 0.333. The lowest BCUT2D eigenvalue weighted by atomic mass is 10.1. The van der Waals surface area contributed by atoms with Gasteiger partial charge in [-0.05, 0) is 49.2 Å². The van der Waals surface area contributed by atoms with Crippen molar-refractivity contribution in [2.75, 3.05) is 18.5 Å². The zero-order chi connectivity index (χ0) is 19.5. The molecule has 7 heteroatoms. The van der Waals surface area contributed by atoms with Gasteiger partial charge in [-0.2, -0.15) is 0 Å². The molecule has 0 saturated carbocycles. The van der Waals surface area contributed by atoms with E-state index in [2.05, 4.69) is 10.3 Å². The molecule has 4 rings (SSSR count). The zero-order valence-corrected chi connectivity index (χ0v) is 16.4. The number of nitrogens with zero attached hydrogens (tertiary/aromatic N) is 2. The molecule has 0 saturated heterocycles. The monoisotopic (exact) mass is 399 g/mol. The third kappa shape index (κ3) is 3.84. The smallest absolute Gasteiger partial charge is 0.268 e. The number of ether oxygens (including phenoxy) is 2. The van der Waals surface area contributed by atoms with Gasteiger partial charge in [-0.15, -0.1) is 0 Å². The molecule has 1 atom stereocenters. The van der Waals surface area contributed by atoms with E-state index in [-0.39, 0.29) is 5.91 Å². The number of hydrogen-bond acceptors (Lipinski definition) is 4. The van der Waals surface area contributed by atoms with Gasteiger partial charge in [-0.3, -0.25) is 10.1 Å². The largest absolute Gasteiger partial charge is 0.480 e. The lowest BCUT2D eigenvalue weighted by Crippen LogP contribution is -2.32. The fourth-order valence-electron chi connectivity index (χ4n) is 3.42. The van der Waals surface area contributed by atoms with Gasteiger partial charge < -0.3 is 14.0 Å². The summed E-state index contributed by atoms with van der Waals surface area (Å²) in [5.41, 5.74) is 2.77. The van der Waals surface area contributed by atoms with E-state index < -0.39 is 6.10 Å². The minimum absolute atomic E-state index is 0.214. The van der Waals surface area contributed by atoms with Gasteiger partial charge in [-0.1, -0.05) is 23.7 Å². The topological polar surface area (TPSA) is 65.4 Å². The number of aromatic nitrogens is 2. The molecule has 2 aromatic carbocycles. The Morgan fingerprint density at radius 3 is 3.07 bits per heavy atom. The summed E-state index contributed by atoms with van der Waals surface area (Å²) >= 11 is 6.04. The zero-order valence-electron chi connectivity index (χ0n) is 15.7. The summed E-state index contributed by atoms with van der Waals surface area (Å²) in [6.45, 7) is 4.04. The molecule has 1 aromatic heterocycles. The molecule has 0 aliphatic carbocycles. The number of hydrogen-bond donors (Lipinski definition) is 1. The molecule has 0 radical (unpaired) electrons. The van der Waals surface area contributed by atoms with Crippen LogP contribution in [0.1, 0.15) is 18.9 Å². The van der Waals surface area contributed by atoms with Crippen LogP contribution in [0.4, 0.5) is 5.95 Å². The second kappa shape index (κ2) is 8.20. The maximum Gasteiger partial charge on any atom is 0.268 e. The van der Waals surface area contributed by atoms with E-state index in [1.54, 1.807) is 12.1 Å². The molecule has 1 aliphatic rings. The maximum atomic E-state index is 12.8. The van der Waals surface area contributed by atoms with Crippen LogP contribution in [0.2, 0.25) is 5.02 Å². The number of amides is 1. The second-order valence-electron chi connectivity index (χ2n) is 6.68. The number of para-hydroxylation sites is 2. The second-order valence-corrected chi connectivity index (χ2v) is 7.11. The molecule has 1 N–H and O–H groups in total. The van der Waals surface area contributed by atoms with Gasteiger partial charge in [0.25, 0.3) is 5.91 Å². The van der Waals surface area contributed by atoms with Crippen LogP contribution in [-0.2, 0) is 22.5 Å². The summed E-state index contributed by atoms with van der Waals surface area (Å²) in [6.07, 6.45) is 0.734. The number of benzene rings is 2. The van der Waals surface area contributed by atoms with Gasteiger partial charge in [-0.25, -0.2) is 4.98 Å². The lowest BCUT2D eigenvalue weighted by molar-refractivity contribution is -0.122. The van der Waals surface area contributed by atoms with Crippen molar-refractivity contribution in [3.05, 3.63) is 53.1 Å². The van der Waals surface area contributed by atoms with Crippen molar-refractivity contribution in [1.82, 2.24) is 9.55 Å². The molecule has 6 nitrogen and oxygen atoms in total. The van der Waals surface area contributed by atoms with E-state index in [1.165, 1.54) is 0 Å². The summed E-state index contributed by atoms with van der Waals surface area (Å²) in [5.74, 6) is 1.02. The van der Waals surface area contributed by atoms with Crippen LogP contribution in [-0.4, -0.2) is 34.8 Å². The Hall–Kier alpha value is -2.57. The van der Waals surface area contributed by atoms with Gasteiger partial charge in [0.2, 0.25) is 5.95 Å². The lowest BCUT2D eigenvalue weighted by Gasteiger charge is -2.13. The van der Waals surface area contributed by atoms with Crippen LogP contribution in [0.15, 0.2) is 42.5 Å². The van der Waals surface area contributed by atoms with E-state index in [9.17, 15) is 4.79 Å². The van der Waals surface area contributed by atoms with Crippen LogP contribution in [0, 0.1) is 0 Å². The number of nitrogens with one attached hydrogen (secondary N) is 1. The van der Waals surface area contributed by atoms with Crippen molar-refractivity contribution in [3.8, 4) is 5.75 Å². The fourth-order valence-corrected chi connectivity index (χ4v) is 3.62. The molecular formula is C21H22ClN3O3. The number of carbonyl (C=O) groups excluding carboxylic acids is 1. The predicted molar refractivity (Wildman–Crippen MR) is 109 cm³/mol. The standard InChI is InChI=1S/C21H22ClN3O3/c1-2-27-11-5-10-25-17-7-4-3-6-16(17)23-21(25)24-20(26)19-13-14-12-15(22)8-9-18(14)28-19/h3-4,6-9,12,19H,2,5,10-11,13H2,1H3,(H,23,24,26). The molecule has 28 heavy (non-hydrogen) atoms. The Bertz CT molecular complexity index is 1000. The van der Waals surface area contributed by atoms with Crippen LogP contribution < -0.4 is 10.1 Å². The SMILES string of the molecule is CCOCCCn1c(NC(=O)C2Cc3cc(Cl)ccc3O2)nc2ccccc21. The van der Waals surface area contributed by atoms with Gasteiger partial charge in [0, 0.05) is 31.2 Å². The predicted octanol–water partition coefficient (Wildman–Crippen LogP) is 4.06. The molecule has 0 fully saturated rings. The third-order valence-corrected chi connectivity index (χ3v) is 4.99. The van der Waals surface area contributed by atoms with Crippen LogP contribution in [0.3, 0.4) is 0 Å². The van der Waals surface area contributed by atoms with Gasteiger partial charge in [0.1, 0.15) is 5.75 Å². The quantitative estimate of drug-likeness (QED) is 0.608. The summed E-state index contributed by atoms with van der Waals surface area (Å²) in [6, 6.07) is 13.2. The highest BCUT2D eigenvalue weighted by atomic mass is 35.5. The average molecular weight is 400 g/mol. The van der Waals surface area contributed by atoms with Crippen LogP contribution >= 0.6 is 11.6 Å². The summed E-state index contributed by atoms with van der Waals surface area (Å²) in [4.78, 5) is 17.4. The van der Waals surface area contributed by atoms with Crippen molar-refractivity contribution in [2.24, 2.45) is 0 Å². The Kier molecular flexibility index (Phi) is 5.50. The Morgan fingerprint density at radius 1 is 1.36 bits per heavy atom. The Morgan fingerprint density at radius 2 is 2.21 bits per heavy atom. The number of halogens is 1. The third-order valence-electron chi connectivity index (χ3n) is 4.75. The Labute approximate surface area is 168 Å². The number of rotatable bonds is 7. The molecule has 1 aliphatic heterocycles. The van der Waals surface area contributed by atoms with E-state index >= 15 is 0 Å². The Balaban J connectivity index is 1.51. The van der Waals surface area contributed by atoms with Gasteiger partial charge in [0.15, 0.2) is 6.10 Å². The number of anilines is 1. The number of imidazole rings is 1. The molecular weight excluding hydrogens is 378 g/mol. The number of carbonyl (C=O) groups is 1. The molecule has 3 aromatic rings. The van der Waals surface area contributed by atoms with Crippen molar-refractivity contribution in [2.45, 2.75) is 32.4 Å². The molecule has 1 amide bonds. The maximum absolute atomic E-state index is 12.8. The first kappa shape index (κ1) is 18.8. The van der Waals surface area contributed by atoms with Crippen LogP contribution in [0.5, 0.6) is 5.75 Å². The highest BCUT2D eigenvalue weighted by molar-refractivity contribution is 6.30. The van der Waals surface area contributed by atoms with E-state index in [0.717, 1.165) is 23.0 Å². The molecule has 0 bridgehead atoms. The summed E-state index contributed by atoms with van der Waals surface area (Å²) < 4.78 is 13.3. The van der Waals surface area contributed by atoms with E-state index in [1.807, 2.05) is 41.8 Å². The van der Waals surface area contributed by atoms with E-state index in [0.29, 0.717) is 42.9 Å². The minimum Gasteiger partial charge on any atom is -0.480 e. The first-order valence-corrected chi connectivity index (χ1v) is 9.82. The number of aryl methyl sites for hydroxylation is 1. The van der Waals surface area contributed by atoms with Gasteiger partial charge >= 0.3 is 0 Å². The molecule has 0 spiro atoms. The van der Waals surface area contributed by atoms with Crippen molar-refractivity contribution in [1.29, 1.82) is 0 Å². The summed E-state index contributed by atoms with van der Waals surface area (Å²) in [5, 5.41) is 3.58. The van der Waals surface area contributed by atoms with Gasteiger partial charge in [0.05, 0.1) is 11.0 Å². The normalized spacial score (nSPS) is 15.4. The summed E-state index contributed by atoms with van der Waals surface area (Å²) in [7, 11) is 0. The van der Waals surface area contributed by atoms with E-state index in [4.69, 9.17) is 21.1 Å². The highest BCUT2D eigenvalue weighted by Gasteiger charge is 2.30. The minimum atomic E-state index is -0.592. The molecule has 146 valence electrons. The molecule has 2 heterocycles. The molecule has 1 unspecified atom stereocenters. The number of fused-ring (bicyclic) bond motifs is 2. The van der Waals surface area contributed by atoms with Crippen LogP contribution in [0.25, 0.3) is 11.0 Å². The highest BCUT2D eigenvalue weighted by Crippen LogP contribution is 2.31. The average Bonchev–Trinajstić information content (AvgIpc) is 3.26. The first-order chi connectivity index (χ1) is 13.7. The first-order valence-electron chi connectivity index (χ1n) is 9.44.